The van der Waals surface area contributed by atoms with Crippen LogP contribution in [0.1, 0.15) is 0 Å². The van der Waals surface area contributed by atoms with Crippen molar-refractivity contribution in [3.63, 3.8) is 0 Å². The minimum absolute atomic E-state index is 0.0529. The van der Waals surface area contributed by atoms with E-state index < -0.39 is 0 Å². The zero-order valence-corrected chi connectivity index (χ0v) is 27.0. The summed E-state index contributed by atoms with van der Waals surface area (Å²) < 4.78 is 17.6. The standard InChI is InChI=1S/C11H20N2O4.2C10H8N2.ClH.Os/c14-4-6-16-8-10-17-9-7-15-5-3-13-2-1-12-11-13;2*1-3-7-11-9(5-1)10-6-2-4-8-12-10;;/h1-2,11,14H,3-10H2;2*1-8H;1H;/q;;;;+1/p-1. The van der Waals surface area contributed by atoms with Gasteiger partial charge in [-0.25, -0.2) is 4.98 Å². The number of hydrogen-bond acceptors (Lipinski definition) is 9. The molecule has 229 valence electrons. The Morgan fingerprint density at radius 3 is 1.28 bits per heavy atom. The molecule has 1 N–H and O–H groups in total. The number of aliphatic hydroxyl groups excluding tert-OH is 1. The summed E-state index contributed by atoms with van der Waals surface area (Å²) in [5.74, 6) is 0. The maximum Gasteiger partial charge on any atom is 0.0886 e. The predicted octanol–water partition coefficient (Wildman–Crippen LogP) is 4.90. The summed E-state index contributed by atoms with van der Waals surface area (Å²) in [6, 6.07) is 23.2. The van der Waals surface area contributed by atoms with Gasteiger partial charge in [0.05, 0.1) is 75.4 Å². The van der Waals surface area contributed by atoms with Crippen molar-refractivity contribution < 1.29 is 36.9 Å². The molecule has 0 fully saturated rings. The van der Waals surface area contributed by atoms with E-state index in [9.17, 15) is 0 Å². The van der Waals surface area contributed by atoms with E-state index in [0.717, 1.165) is 29.3 Å². The Kier molecular flexibility index (Phi) is 20.9. The molecular weight excluding hydrogens is 746 g/mol. The summed E-state index contributed by atoms with van der Waals surface area (Å²) in [6.45, 7) is 4.06. The molecule has 0 amide bonds. The van der Waals surface area contributed by atoms with E-state index in [1.807, 2.05) is 83.6 Å². The molecule has 5 rings (SSSR count). The first-order valence-corrected chi connectivity index (χ1v) is 16.6. The number of hydrogen-bond donors (Lipinski definition) is 1. The van der Waals surface area contributed by atoms with Gasteiger partial charge in [-0.05, 0) is 48.5 Å². The van der Waals surface area contributed by atoms with E-state index in [2.05, 4.69) is 34.6 Å². The monoisotopic (exact) mass is 783 g/mol. The smallest absolute Gasteiger partial charge is 0.0886 e. The number of nitrogens with zero attached hydrogens (tertiary/aromatic N) is 6. The molecular formula is C31H36ClN6O4Os. The number of rotatable bonds is 13. The second kappa shape index (κ2) is 25.1. The van der Waals surface area contributed by atoms with Crippen LogP contribution in [0.2, 0.25) is 0 Å². The summed E-state index contributed by atoms with van der Waals surface area (Å²) in [6.07, 6.45) is 12.5. The van der Waals surface area contributed by atoms with Crippen LogP contribution in [0, 0.1) is 0 Å². The number of pyridine rings is 4. The third-order valence-corrected chi connectivity index (χ3v) is 5.22. The minimum atomic E-state index is 0.0529. The molecule has 0 radical (unpaired) electrons. The Balaban J connectivity index is 0.000000222. The van der Waals surface area contributed by atoms with Crippen molar-refractivity contribution in [1.29, 1.82) is 0 Å². The Bertz CT molecular complexity index is 1130. The molecule has 0 saturated carbocycles. The quantitative estimate of drug-likeness (QED) is 0.167. The molecule has 0 aliphatic rings. The predicted molar refractivity (Wildman–Crippen MR) is 163 cm³/mol. The molecule has 5 aromatic rings. The fourth-order valence-corrected chi connectivity index (χ4v) is 3.25. The molecule has 0 unspecified atom stereocenters. The number of aromatic nitrogens is 6. The number of ether oxygens (including phenoxy) is 3. The molecule has 0 aliphatic heterocycles. The maximum atomic E-state index is 8.45. The van der Waals surface area contributed by atoms with Crippen molar-refractivity contribution in [2.75, 3.05) is 46.2 Å². The van der Waals surface area contributed by atoms with Crippen LogP contribution in [0.4, 0.5) is 0 Å². The summed E-state index contributed by atoms with van der Waals surface area (Å²) in [5, 5.41) is 8.45. The zero-order valence-electron chi connectivity index (χ0n) is 23.7. The van der Waals surface area contributed by atoms with Crippen LogP contribution in [0.5, 0.6) is 0 Å². The molecule has 0 aromatic carbocycles. The van der Waals surface area contributed by atoms with Crippen LogP contribution in [0.3, 0.4) is 0 Å². The van der Waals surface area contributed by atoms with Gasteiger partial charge in [-0.1, -0.05) is 24.3 Å². The Morgan fingerprint density at radius 1 is 0.558 bits per heavy atom. The summed E-state index contributed by atoms with van der Waals surface area (Å²) in [5.41, 5.74) is 3.66. The molecule has 43 heavy (non-hydrogen) atoms. The average molecular weight is 782 g/mol. The van der Waals surface area contributed by atoms with Crippen LogP contribution >= 0.6 is 9.64 Å². The van der Waals surface area contributed by atoms with Gasteiger partial charge in [0.15, 0.2) is 0 Å². The van der Waals surface area contributed by atoms with Crippen LogP contribution in [0.15, 0.2) is 116 Å². The fourth-order valence-electron chi connectivity index (χ4n) is 3.25. The second-order valence-electron chi connectivity index (χ2n) is 8.22. The van der Waals surface area contributed by atoms with E-state index in [-0.39, 0.29) is 6.61 Å². The van der Waals surface area contributed by atoms with Crippen molar-refractivity contribution in [3.05, 3.63) is 116 Å². The second-order valence-corrected chi connectivity index (χ2v) is 8.22. The van der Waals surface area contributed by atoms with Crippen LogP contribution in [-0.4, -0.2) is 80.8 Å². The molecule has 12 heteroatoms. The van der Waals surface area contributed by atoms with Crippen LogP contribution < -0.4 is 0 Å². The number of halogens is 1. The minimum Gasteiger partial charge on any atom is -0.255 e. The first-order chi connectivity index (χ1) is 21.4. The number of imidazole rings is 1. The molecule has 5 heterocycles. The molecule has 0 atom stereocenters. The SMILES string of the molecule is OCCOCCOCCOCCn1ccnc1.[Cl][Os].c1ccc(-c2ccccn2)nc1.c1ccc(-c2ccccn2)nc1. The summed E-state index contributed by atoms with van der Waals surface area (Å²) in [4.78, 5) is 20.7. The zero-order chi connectivity index (χ0) is 30.6. The summed E-state index contributed by atoms with van der Waals surface area (Å²) >= 11 is 1.33. The molecule has 5 aromatic heterocycles. The van der Waals surface area contributed by atoms with Crippen LogP contribution in [0.25, 0.3) is 22.8 Å². The third kappa shape index (κ3) is 16.7. The van der Waals surface area contributed by atoms with E-state index >= 15 is 0 Å². The Hall–Kier alpha value is -3.42. The topological polar surface area (TPSA) is 117 Å². The van der Waals surface area contributed by atoms with Gasteiger partial charge in [0.25, 0.3) is 0 Å². The average Bonchev–Trinajstić information content (AvgIpc) is 3.62. The first kappa shape index (κ1) is 35.8. The van der Waals surface area contributed by atoms with E-state index in [1.54, 1.807) is 37.3 Å². The van der Waals surface area contributed by atoms with Crippen LogP contribution in [-0.2, 0) is 38.4 Å². The molecule has 0 aliphatic carbocycles. The third-order valence-electron chi connectivity index (χ3n) is 5.22. The van der Waals surface area contributed by atoms with Gasteiger partial charge in [-0.15, -0.1) is 0 Å². The Labute approximate surface area is 267 Å². The van der Waals surface area contributed by atoms with Crippen molar-refractivity contribution in [3.8, 4) is 22.8 Å². The first-order valence-electron chi connectivity index (χ1n) is 13.4. The van der Waals surface area contributed by atoms with Gasteiger partial charge in [0.1, 0.15) is 0 Å². The van der Waals surface area contributed by atoms with E-state index in [0.29, 0.717) is 39.6 Å². The van der Waals surface area contributed by atoms with E-state index in [4.69, 9.17) is 19.3 Å². The van der Waals surface area contributed by atoms with Gasteiger partial charge in [0, 0.05) is 43.7 Å². The van der Waals surface area contributed by atoms with Crippen molar-refractivity contribution in [2.24, 2.45) is 0 Å². The maximum absolute atomic E-state index is 8.45. The van der Waals surface area contributed by atoms with Crippen molar-refractivity contribution >= 4 is 9.64 Å². The van der Waals surface area contributed by atoms with Gasteiger partial charge >= 0.3 is 27.2 Å². The van der Waals surface area contributed by atoms with Gasteiger partial charge in [0.2, 0.25) is 0 Å². The van der Waals surface area contributed by atoms with Gasteiger partial charge in [-0.2, -0.15) is 0 Å². The summed E-state index contributed by atoms with van der Waals surface area (Å²) in [7, 11) is 4.67. The van der Waals surface area contributed by atoms with E-state index in [1.165, 1.54) is 17.6 Å². The Morgan fingerprint density at radius 2 is 0.953 bits per heavy atom. The molecule has 0 bridgehead atoms. The fraction of sp³-hybridized carbons (Fsp3) is 0.258. The van der Waals surface area contributed by atoms with Gasteiger partial charge < -0.3 is 23.9 Å². The van der Waals surface area contributed by atoms with Gasteiger partial charge in [-0.3, -0.25) is 19.9 Å². The molecule has 10 nitrogen and oxygen atoms in total. The molecule has 0 spiro atoms. The normalized spacial score (nSPS) is 9.84. The van der Waals surface area contributed by atoms with Crippen molar-refractivity contribution in [2.45, 2.75) is 6.54 Å². The molecule has 0 saturated heterocycles. The largest absolute Gasteiger partial charge is 0.255 e. The number of aliphatic hydroxyl groups is 1. The van der Waals surface area contributed by atoms with Crippen molar-refractivity contribution in [1.82, 2.24) is 29.5 Å².